The first-order valence-electron chi connectivity index (χ1n) is 5.66. The van der Waals surface area contributed by atoms with E-state index in [4.69, 9.17) is 0 Å². The minimum absolute atomic E-state index is 0.545. The second kappa shape index (κ2) is 4.76. The van der Waals surface area contributed by atoms with Crippen LogP contribution in [0, 0.1) is 0 Å². The van der Waals surface area contributed by atoms with E-state index in [0.29, 0.717) is 0 Å². The molecule has 2 aromatic heterocycles. The summed E-state index contributed by atoms with van der Waals surface area (Å²) in [7, 11) is 0. The van der Waals surface area contributed by atoms with Gasteiger partial charge in [-0.3, -0.25) is 0 Å². The molecular formula is C14H12N2OS. The van der Waals surface area contributed by atoms with E-state index in [9.17, 15) is 5.11 Å². The van der Waals surface area contributed by atoms with Crippen LogP contribution in [0.4, 0.5) is 0 Å². The third kappa shape index (κ3) is 2.08. The van der Waals surface area contributed by atoms with Crippen LogP contribution in [-0.4, -0.2) is 14.9 Å². The van der Waals surface area contributed by atoms with E-state index in [2.05, 4.69) is 5.10 Å². The minimum atomic E-state index is -0.545. The Balaban J connectivity index is 1.87. The Bertz CT molecular complexity index is 600. The first-order valence-corrected chi connectivity index (χ1v) is 6.54. The monoisotopic (exact) mass is 256 g/mol. The molecule has 18 heavy (non-hydrogen) atoms. The fourth-order valence-corrected chi connectivity index (χ4v) is 2.58. The molecule has 0 amide bonds. The summed E-state index contributed by atoms with van der Waals surface area (Å²) in [4.78, 5) is 0.960. The summed E-state index contributed by atoms with van der Waals surface area (Å²) >= 11 is 1.56. The van der Waals surface area contributed by atoms with Crippen molar-refractivity contribution in [2.24, 2.45) is 0 Å². The van der Waals surface area contributed by atoms with Gasteiger partial charge in [-0.2, -0.15) is 5.10 Å². The largest absolute Gasteiger partial charge is 0.383 e. The second-order valence-electron chi connectivity index (χ2n) is 3.96. The van der Waals surface area contributed by atoms with Crippen molar-refractivity contribution in [3.63, 3.8) is 0 Å². The average molecular weight is 256 g/mol. The van der Waals surface area contributed by atoms with Gasteiger partial charge in [-0.25, -0.2) is 4.68 Å². The van der Waals surface area contributed by atoms with Gasteiger partial charge in [0.05, 0.1) is 5.69 Å². The average Bonchev–Trinajstić information content (AvgIpc) is 3.11. The number of hydrogen-bond acceptors (Lipinski definition) is 3. The number of thiophene rings is 1. The van der Waals surface area contributed by atoms with Gasteiger partial charge in [0.15, 0.2) is 0 Å². The molecule has 90 valence electrons. The van der Waals surface area contributed by atoms with Gasteiger partial charge in [-0.1, -0.05) is 18.2 Å². The van der Waals surface area contributed by atoms with Crippen molar-refractivity contribution in [2.45, 2.75) is 6.10 Å². The van der Waals surface area contributed by atoms with E-state index in [1.165, 1.54) is 0 Å². The Labute approximate surface area is 109 Å². The molecule has 0 spiro atoms. The molecule has 0 radical (unpaired) electrons. The molecule has 0 aliphatic heterocycles. The zero-order valence-corrected chi connectivity index (χ0v) is 10.4. The quantitative estimate of drug-likeness (QED) is 0.782. The van der Waals surface area contributed by atoms with Gasteiger partial charge < -0.3 is 5.11 Å². The first kappa shape index (κ1) is 11.2. The lowest BCUT2D eigenvalue weighted by Gasteiger charge is -2.09. The molecule has 0 bridgehead atoms. The van der Waals surface area contributed by atoms with Crippen LogP contribution in [0.5, 0.6) is 0 Å². The molecule has 0 aliphatic carbocycles. The van der Waals surface area contributed by atoms with Crippen molar-refractivity contribution in [1.82, 2.24) is 9.78 Å². The maximum atomic E-state index is 10.2. The molecule has 3 nitrogen and oxygen atoms in total. The normalized spacial score (nSPS) is 12.5. The highest BCUT2D eigenvalue weighted by molar-refractivity contribution is 7.10. The Hall–Kier alpha value is -1.91. The standard InChI is InChI=1S/C14H12N2OS/c17-14(13-3-1-10-18-13)11-4-6-12(7-5-11)16-9-2-8-15-16/h1-10,14,17H. The van der Waals surface area contributed by atoms with Gasteiger partial charge in [0, 0.05) is 17.3 Å². The summed E-state index contributed by atoms with van der Waals surface area (Å²) in [6.07, 6.45) is 3.09. The molecule has 1 atom stereocenters. The Morgan fingerprint density at radius 1 is 1.11 bits per heavy atom. The summed E-state index contributed by atoms with van der Waals surface area (Å²) in [6.45, 7) is 0. The van der Waals surface area contributed by atoms with Crippen LogP contribution in [0.1, 0.15) is 16.5 Å². The maximum Gasteiger partial charge on any atom is 0.113 e. The number of nitrogens with zero attached hydrogens (tertiary/aromatic N) is 2. The van der Waals surface area contributed by atoms with E-state index < -0.39 is 6.10 Å². The van der Waals surface area contributed by atoms with Crippen LogP contribution in [0.25, 0.3) is 5.69 Å². The summed E-state index contributed by atoms with van der Waals surface area (Å²) in [5.41, 5.74) is 1.88. The van der Waals surface area contributed by atoms with Crippen molar-refractivity contribution in [1.29, 1.82) is 0 Å². The summed E-state index contributed by atoms with van der Waals surface area (Å²) in [6, 6.07) is 13.5. The third-order valence-corrected chi connectivity index (χ3v) is 3.72. The van der Waals surface area contributed by atoms with Gasteiger partial charge in [0.25, 0.3) is 0 Å². The smallest absolute Gasteiger partial charge is 0.113 e. The van der Waals surface area contributed by atoms with Crippen LogP contribution in [0.3, 0.4) is 0 Å². The lowest BCUT2D eigenvalue weighted by molar-refractivity contribution is 0.224. The van der Waals surface area contributed by atoms with E-state index in [1.54, 1.807) is 22.2 Å². The zero-order chi connectivity index (χ0) is 12.4. The van der Waals surface area contributed by atoms with Crippen LogP contribution < -0.4 is 0 Å². The molecule has 4 heteroatoms. The molecule has 3 rings (SSSR count). The van der Waals surface area contributed by atoms with Crippen molar-refractivity contribution < 1.29 is 5.11 Å². The molecule has 1 unspecified atom stereocenters. The Morgan fingerprint density at radius 3 is 2.56 bits per heavy atom. The third-order valence-electron chi connectivity index (χ3n) is 2.79. The molecular weight excluding hydrogens is 244 g/mol. The van der Waals surface area contributed by atoms with E-state index >= 15 is 0 Å². The summed E-state index contributed by atoms with van der Waals surface area (Å²) < 4.78 is 1.79. The van der Waals surface area contributed by atoms with Gasteiger partial charge in [-0.05, 0) is 35.2 Å². The highest BCUT2D eigenvalue weighted by Crippen LogP contribution is 2.26. The van der Waals surface area contributed by atoms with Crippen LogP contribution in [0.15, 0.2) is 60.2 Å². The highest BCUT2D eigenvalue weighted by Gasteiger charge is 2.11. The topological polar surface area (TPSA) is 38.0 Å². The molecule has 0 saturated carbocycles. The van der Waals surface area contributed by atoms with E-state index in [0.717, 1.165) is 16.1 Å². The number of aromatic nitrogens is 2. The predicted octanol–water partition coefficient (Wildman–Crippen LogP) is 3.02. The minimum Gasteiger partial charge on any atom is -0.383 e. The molecule has 3 aromatic rings. The molecule has 2 heterocycles. The number of rotatable bonds is 3. The lowest BCUT2D eigenvalue weighted by atomic mass is 10.1. The molecule has 1 aromatic carbocycles. The van der Waals surface area contributed by atoms with E-state index in [-0.39, 0.29) is 0 Å². The predicted molar refractivity (Wildman–Crippen MR) is 71.9 cm³/mol. The van der Waals surface area contributed by atoms with Gasteiger partial charge >= 0.3 is 0 Å². The van der Waals surface area contributed by atoms with Crippen molar-refractivity contribution in [3.8, 4) is 5.69 Å². The maximum absolute atomic E-state index is 10.2. The van der Waals surface area contributed by atoms with Crippen molar-refractivity contribution in [3.05, 3.63) is 70.7 Å². The van der Waals surface area contributed by atoms with Gasteiger partial charge in [0.1, 0.15) is 6.10 Å². The zero-order valence-electron chi connectivity index (χ0n) is 9.60. The van der Waals surface area contributed by atoms with E-state index in [1.807, 2.05) is 54.0 Å². The molecule has 1 N–H and O–H groups in total. The molecule has 0 aliphatic rings. The van der Waals surface area contributed by atoms with Crippen LogP contribution in [-0.2, 0) is 0 Å². The van der Waals surface area contributed by atoms with Crippen molar-refractivity contribution >= 4 is 11.3 Å². The van der Waals surface area contributed by atoms with Crippen LogP contribution in [0.2, 0.25) is 0 Å². The number of aliphatic hydroxyl groups is 1. The fraction of sp³-hybridized carbons (Fsp3) is 0.0714. The second-order valence-corrected chi connectivity index (χ2v) is 4.94. The van der Waals surface area contributed by atoms with Crippen molar-refractivity contribution in [2.75, 3.05) is 0 Å². The van der Waals surface area contributed by atoms with Gasteiger partial charge in [-0.15, -0.1) is 11.3 Å². The number of hydrogen-bond donors (Lipinski definition) is 1. The Kier molecular flexibility index (Phi) is 2.96. The van der Waals surface area contributed by atoms with Crippen LogP contribution >= 0.6 is 11.3 Å². The lowest BCUT2D eigenvalue weighted by Crippen LogP contribution is -1.99. The highest BCUT2D eigenvalue weighted by atomic mass is 32.1. The SMILES string of the molecule is OC(c1ccc(-n2cccn2)cc1)c1cccs1. The number of aliphatic hydroxyl groups excluding tert-OH is 1. The molecule has 0 fully saturated rings. The Morgan fingerprint density at radius 2 is 1.94 bits per heavy atom. The summed E-state index contributed by atoms with van der Waals surface area (Å²) in [5, 5.41) is 16.3. The number of benzene rings is 1. The summed E-state index contributed by atoms with van der Waals surface area (Å²) in [5.74, 6) is 0. The first-order chi connectivity index (χ1) is 8.84. The molecule has 0 saturated heterocycles. The van der Waals surface area contributed by atoms with Gasteiger partial charge in [0.2, 0.25) is 0 Å². The fourth-order valence-electron chi connectivity index (χ4n) is 1.84.